The third kappa shape index (κ3) is 3.59. The van der Waals surface area contributed by atoms with Gasteiger partial charge in [0.15, 0.2) is 0 Å². The first-order valence-corrected chi connectivity index (χ1v) is 8.05. The van der Waals surface area contributed by atoms with Gasteiger partial charge in [-0.1, -0.05) is 23.2 Å². The van der Waals surface area contributed by atoms with Gasteiger partial charge >= 0.3 is 0 Å². The first-order chi connectivity index (χ1) is 11.0. The molecule has 1 fully saturated rings. The molecule has 3 rings (SSSR count). The third-order valence-corrected chi connectivity index (χ3v) is 4.45. The van der Waals surface area contributed by atoms with Crippen molar-refractivity contribution in [3.05, 3.63) is 63.9 Å². The smallest absolute Gasteiger partial charge is 0.253 e. The molecule has 1 amide bonds. The zero-order valence-electron chi connectivity index (χ0n) is 12.3. The number of anilines is 1. The summed E-state index contributed by atoms with van der Waals surface area (Å²) in [6, 6.07) is 11.0. The lowest BCUT2D eigenvalue weighted by Gasteiger charge is -2.36. The first kappa shape index (κ1) is 16.1. The molecule has 0 radical (unpaired) electrons. The van der Waals surface area contributed by atoms with Gasteiger partial charge in [0.05, 0.1) is 10.7 Å². The van der Waals surface area contributed by atoms with Crippen molar-refractivity contribution in [2.75, 3.05) is 31.1 Å². The van der Waals surface area contributed by atoms with E-state index in [1.54, 1.807) is 17.0 Å². The van der Waals surface area contributed by atoms with Crippen molar-refractivity contribution in [1.29, 1.82) is 0 Å². The van der Waals surface area contributed by atoms with Crippen LogP contribution >= 0.6 is 23.2 Å². The number of hydrogen-bond donors (Lipinski definition) is 0. The highest BCUT2D eigenvalue weighted by molar-refractivity contribution is 6.36. The summed E-state index contributed by atoms with van der Waals surface area (Å²) in [4.78, 5) is 16.3. The van der Waals surface area contributed by atoms with E-state index in [0.29, 0.717) is 41.8 Å². The van der Waals surface area contributed by atoms with Crippen LogP contribution in [0, 0.1) is 5.82 Å². The monoisotopic (exact) mass is 352 g/mol. The van der Waals surface area contributed by atoms with E-state index in [-0.39, 0.29) is 11.7 Å². The lowest BCUT2D eigenvalue weighted by Crippen LogP contribution is -2.48. The Balaban J connectivity index is 1.66. The fourth-order valence-corrected chi connectivity index (χ4v) is 3.19. The molecule has 6 heteroatoms. The highest BCUT2D eigenvalue weighted by atomic mass is 35.5. The molecule has 2 aromatic rings. The molecule has 120 valence electrons. The summed E-state index contributed by atoms with van der Waals surface area (Å²) in [6.07, 6.45) is 0. The second-order valence-corrected chi connectivity index (χ2v) is 6.23. The predicted molar refractivity (Wildman–Crippen MR) is 91.0 cm³/mol. The summed E-state index contributed by atoms with van der Waals surface area (Å²) in [6.45, 7) is 2.56. The van der Waals surface area contributed by atoms with Gasteiger partial charge in [-0.15, -0.1) is 0 Å². The Bertz CT molecular complexity index is 713. The zero-order valence-corrected chi connectivity index (χ0v) is 13.8. The average molecular weight is 353 g/mol. The minimum absolute atomic E-state index is 0.0770. The van der Waals surface area contributed by atoms with Crippen molar-refractivity contribution in [1.82, 2.24) is 4.90 Å². The number of rotatable bonds is 2. The molecule has 0 aromatic heterocycles. The summed E-state index contributed by atoms with van der Waals surface area (Å²) in [5.74, 6) is -0.421. The lowest BCUT2D eigenvalue weighted by molar-refractivity contribution is 0.0747. The van der Waals surface area contributed by atoms with Gasteiger partial charge in [0.2, 0.25) is 0 Å². The number of nitrogens with zero attached hydrogens (tertiary/aromatic N) is 2. The Kier molecular flexibility index (Phi) is 4.74. The second-order valence-electron chi connectivity index (χ2n) is 5.38. The number of halogens is 3. The van der Waals surface area contributed by atoms with E-state index >= 15 is 0 Å². The van der Waals surface area contributed by atoms with Crippen LogP contribution in [0.25, 0.3) is 0 Å². The van der Waals surface area contributed by atoms with Gasteiger partial charge in [0, 0.05) is 36.8 Å². The minimum atomic E-state index is -0.344. The van der Waals surface area contributed by atoms with Crippen molar-refractivity contribution in [2.24, 2.45) is 0 Å². The Morgan fingerprint density at radius 2 is 1.61 bits per heavy atom. The summed E-state index contributed by atoms with van der Waals surface area (Å²) < 4.78 is 12.9. The maximum Gasteiger partial charge on any atom is 0.253 e. The van der Waals surface area contributed by atoms with E-state index in [2.05, 4.69) is 4.90 Å². The SMILES string of the molecule is O=C(c1ccc(F)cc1)N1CCN(c2ccc(Cl)cc2Cl)CC1. The number of amides is 1. The molecule has 23 heavy (non-hydrogen) atoms. The summed E-state index contributed by atoms with van der Waals surface area (Å²) in [7, 11) is 0. The maximum atomic E-state index is 12.9. The molecule has 3 nitrogen and oxygen atoms in total. The molecular weight excluding hydrogens is 338 g/mol. The molecule has 1 aliphatic rings. The molecule has 1 saturated heterocycles. The molecule has 0 atom stereocenters. The summed E-state index contributed by atoms with van der Waals surface area (Å²) >= 11 is 12.1. The predicted octanol–water partition coefficient (Wildman–Crippen LogP) is 4.09. The van der Waals surface area contributed by atoms with Crippen LogP contribution in [0.5, 0.6) is 0 Å². The number of benzene rings is 2. The van der Waals surface area contributed by atoms with Crippen molar-refractivity contribution in [3.8, 4) is 0 Å². The standard InChI is InChI=1S/C17H15Cl2FN2O/c18-13-3-6-16(15(19)11-13)21-7-9-22(10-8-21)17(23)12-1-4-14(20)5-2-12/h1-6,11H,7-10H2. The largest absolute Gasteiger partial charge is 0.367 e. The van der Waals surface area contributed by atoms with Gasteiger partial charge in [0.25, 0.3) is 5.91 Å². The van der Waals surface area contributed by atoms with Crippen molar-refractivity contribution >= 4 is 34.8 Å². The van der Waals surface area contributed by atoms with Gasteiger partial charge in [0.1, 0.15) is 5.82 Å². The summed E-state index contributed by atoms with van der Waals surface area (Å²) in [5.41, 5.74) is 1.43. The van der Waals surface area contributed by atoms with Gasteiger partial charge in [-0.3, -0.25) is 4.79 Å². The average Bonchev–Trinajstić information content (AvgIpc) is 2.55. The van der Waals surface area contributed by atoms with Gasteiger partial charge < -0.3 is 9.80 Å². The Morgan fingerprint density at radius 3 is 2.22 bits per heavy atom. The molecule has 0 bridgehead atoms. The fraction of sp³-hybridized carbons (Fsp3) is 0.235. The van der Waals surface area contributed by atoms with Crippen LogP contribution < -0.4 is 4.90 Å². The van der Waals surface area contributed by atoms with Crippen LogP contribution in [-0.4, -0.2) is 37.0 Å². The van der Waals surface area contributed by atoms with E-state index < -0.39 is 0 Å². The zero-order chi connectivity index (χ0) is 16.4. The van der Waals surface area contributed by atoms with Crippen molar-refractivity contribution < 1.29 is 9.18 Å². The molecule has 0 unspecified atom stereocenters. The van der Waals surface area contributed by atoms with Crippen LogP contribution in [-0.2, 0) is 0 Å². The molecule has 1 heterocycles. The van der Waals surface area contributed by atoms with E-state index in [4.69, 9.17) is 23.2 Å². The van der Waals surface area contributed by atoms with Crippen LogP contribution in [0.4, 0.5) is 10.1 Å². The number of carbonyl (C=O) groups is 1. The Labute approximate surface area is 144 Å². The van der Waals surface area contributed by atoms with Crippen LogP contribution in [0.2, 0.25) is 10.0 Å². The second kappa shape index (κ2) is 6.77. The highest BCUT2D eigenvalue weighted by Gasteiger charge is 2.23. The fourth-order valence-electron chi connectivity index (χ4n) is 2.66. The molecule has 1 aliphatic heterocycles. The molecule has 0 aliphatic carbocycles. The highest BCUT2D eigenvalue weighted by Crippen LogP contribution is 2.29. The summed E-state index contributed by atoms with van der Waals surface area (Å²) in [5, 5.41) is 1.21. The Hall–Kier alpha value is -1.78. The molecule has 2 aromatic carbocycles. The van der Waals surface area contributed by atoms with Gasteiger partial charge in [-0.05, 0) is 42.5 Å². The van der Waals surface area contributed by atoms with E-state index in [1.807, 2.05) is 6.07 Å². The van der Waals surface area contributed by atoms with E-state index in [0.717, 1.165) is 5.69 Å². The van der Waals surface area contributed by atoms with E-state index in [9.17, 15) is 9.18 Å². The van der Waals surface area contributed by atoms with Crippen LogP contribution in [0.15, 0.2) is 42.5 Å². The van der Waals surface area contributed by atoms with Crippen LogP contribution in [0.1, 0.15) is 10.4 Å². The molecule has 0 spiro atoms. The number of hydrogen-bond acceptors (Lipinski definition) is 2. The topological polar surface area (TPSA) is 23.6 Å². The normalized spacial score (nSPS) is 14.9. The van der Waals surface area contributed by atoms with Crippen molar-refractivity contribution in [3.63, 3.8) is 0 Å². The lowest BCUT2D eigenvalue weighted by atomic mass is 10.1. The van der Waals surface area contributed by atoms with Crippen LogP contribution in [0.3, 0.4) is 0 Å². The van der Waals surface area contributed by atoms with Crippen molar-refractivity contribution in [2.45, 2.75) is 0 Å². The maximum absolute atomic E-state index is 12.9. The molecule has 0 saturated carbocycles. The quantitative estimate of drug-likeness (QED) is 0.812. The van der Waals surface area contributed by atoms with E-state index in [1.165, 1.54) is 24.3 Å². The first-order valence-electron chi connectivity index (χ1n) is 7.29. The van der Waals surface area contributed by atoms with Gasteiger partial charge in [-0.25, -0.2) is 4.39 Å². The number of carbonyl (C=O) groups excluding carboxylic acids is 1. The molecule has 0 N–H and O–H groups in total. The van der Waals surface area contributed by atoms with Gasteiger partial charge in [-0.2, -0.15) is 0 Å². The Morgan fingerprint density at radius 1 is 0.957 bits per heavy atom. The molecular formula is C17H15Cl2FN2O. The minimum Gasteiger partial charge on any atom is -0.367 e. The number of piperazine rings is 1. The third-order valence-electron chi connectivity index (χ3n) is 3.91.